The third kappa shape index (κ3) is 2.86. The second kappa shape index (κ2) is 7.53. The summed E-state index contributed by atoms with van der Waals surface area (Å²) in [5, 5.41) is 47.3. The van der Waals surface area contributed by atoms with E-state index in [1.165, 1.54) is 18.5 Å². The first-order chi connectivity index (χ1) is 16.6. The van der Waals surface area contributed by atoms with Gasteiger partial charge in [0.2, 0.25) is 17.5 Å². The lowest BCUT2D eigenvalue weighted by molar-refractivity contribution is -0.153. The molecule has 0 aliphatic heterocycles. The van der Waals surface area contributed by atoms with Crippen molar-refractivity contribution in [2.45, 2.75) is 18.4 Å². The van der Waals surface area contributed by atoms with Crippen molar-refractivity contribution in [2.75, 3.05) is 7.11 Å². The number of aliphatic hydroxyl groups is 3. The van der Waals surface area contributed by atoms with Crippen LogP contribution in [0, 0.1) is 11.8 Å². The number of fused-ring (bicyclic) bond motifs is 3. The second-order valence-corrected chi connectivity index (χ2v) is 8.45. The number of hydrogen-bond donors (Lipinski definition) is 5. The molecule has 1 aromatic carbocycles. The Morgan fingerprint density at radius 2 is 1.97 bits per heavy atom. The summed E-state index contributed by atoms with van der Waals surface area (Å²) in [6, 6.07) is 2.84. The monoisotopic (exact) mass is 481 g/mol. The molecule has 12 nitrogen and oxygen atoms in total. The molecule has 1 saturated carbocycles. The Hall–Kier alpha value is -4.45. The molecule has 2 aromatic rings. The molecule has 35 heavy (non-hydrogen) atoms. The zero-order valence-electron chi connectivity index (χ0n) is 18.2. The summed E-state index contributed by atoms with van der Waals surface area (Å²) >= 11 is 0. The number of carbonyl (C=O) groups excluding carboxylic acids is 3. The Morgan fingerprint density at radius 1 is 1.23 bits per heavy atom. The molecule has 1 heterocycles. The highest BCUT2D eigenvalue weighted by molar-refractivity contribution is 6.38. The van der Waals surface area contributed by atoms with Crippen molar-refractivity contribution < 1.29 is 44.1 Å². The minimum atomic E-state index is -2.89. The van der Waals surface area contributed by atoms with E-state index in [0.29, 0.717) is 11.1 Å². The largest absolute Gasteiger partial charge is 0.507 e. The van der Waals surface area contributed by atoms with Gasteiger partial charge in [0.05, 0.1) is 17.7 Å². The van der Waals surface area contributed by atoms with E-state index in [0.717, 1.165) is 7.11 Å². The van der Waals surface area contributed by atoms with E-state index >= 15 is 0 Å². The minimum absolute atomic E-state index is 0.0649. The van der Waals surface area contributed by atoms with Crippen LogP contribution in [-0.4, -0.2) is 61.3 Å². The van der Waals surface area contributed by atoms with Crippen LogP contribution in [0.4, 0.5) is 0 Å². The number of ketones is 2. The molecule has 3 aliphatic rings. The number of oxazole rings is 1. The van der Waals surface area contributed by atoms with Crippen LogP contribution in [0.5, 0.6) is 5.75 Å². The van der Waals surface area contributed by atoms with Crippen LogP contribution < -0.4 is 5.73 Å². The summed E-state index contributed by atoms with van der Waals surface area (Å²) in [5.41, 5.74) is 1.48. The van der Waals surface area contributed by atoms with Gasteiger partial charge >= 0.3 is 0 Å². The summed E-state index contributed by atoms with van der Waals surface area (Å²) in [4.78, 5) is 47.5. The quantitative estimate of drug-likeness (QED) is 0.235. The highest BCUT2D eigenvalue weighted by atomic mass is 16.6. The Labute approximate surface area is 196 Å². The van der Waals surface area contributed by atoms with Crippen molar-refractivity contribution >= 4 is 28.9 Å². The zero-order chi connectivity index (χ0) is 25.2. The maximum absolute atomic E-state index is 13.6. The summed E-state index contributed by atoms with van der Waals surface area (Å²) < 4.78 is 5.37. The van der Waals surface area contributed by atoms with Gasteiger partial charge < -0.3 is 35.4 Å². The molecule has 5 rings (SSSR count). The van der Waals surface area contributed by atoms with Crippen molar-refractivity contribution in [1.29, 1.82) is 0 Å². The van der Waals surface area contributed by atoms with Gasteiger partial charge in [-0.1, -0.05) is 5.16 Å². The number of nitrogens with two attached hydrogens (primary N) is 1. The second-order valence-electron chi connectivity index (χ2n) is 8.45. The van der Waals surface area contributed by atoms with E-state index in [1.807, 2.05) is 0 Å². The summed E-state index contributed by atoms with van der Waals surface area (Å²) in [7, 11) is 1.14. The molecule has 1 unspecified atom stereocenters. The number of aromatic hydroxyl groups is 1. The molecule has 1 fully saturated rings. The first-order valence-corrected chi connectivity index (χ1v) is 10.5. The van der Waals surface area contributed by atoms with Gasteiger partial charge in [-0.2, -0.15) is 0 Å². The number of aliphatic hydroxyl groups excluding tert-OH is 2. The normalized spacial score (nSPS) is 27.0. The van der Waals surface area contributed by atoms with Gasteiger partial charge in [0.25, 0.3) is 5.91 Å². The molecular formula is C23H19N3O9. The fraction of sp³-hybridized carbons (Fsp3) is 0.261. The standard InChI is InChI=1S/C23H19N3O9/c1-34-26-16-11-7-8-6-10-9(22-25-4-5-35-22)2-3-12(27)14(10)17(28)13(8)19(30)23(11,33)20(31)15(18(16)29)21(24)32/h2-5,8,11,27-29,33H,6-7H2,1H3,(H2,24,32)/b26-16-/t8-,11?,23-/m0/s1. The SMILES string of the molecule is CO/N=C1\C(O)=C(C(N)=O)C(=O)[C@@]2(O)C(=O)C3=C(O)c4c(O)ccc(-c5ncco5)c4C[C@H]3CC12. The molecule has 1 amide bonds. The summed E-state index contributed by atoms with van der Waals surface area (Å²) in [6.07, 6.45) is 2.72. The third-order valence-electron chi connectivity index (χ3n) is 6.74. The van der Waals surface area contributed by atoms with Crippen LogP contribution in [0.3, 0.4) is 0 Å². The number of primary amides is 1. The lowest BCUT2D eigenvalue weighted by Gasteiger charge is -2.45. The molecule has 12 heteroatoms. The van der Waals surface area contributed by atoms with Gasteiger partial charge in [-0.3, -0.25) is 14.4 Å². The maximum Gasteiger partial charge on any atom is 0.256 e. The van der Waals surface area contributed by atoms with Crippen LogP contribution in [0.15, 0.2) is 51.1 Å². The highest BCUT2D eigenvalue weighted by Gasteiger charge is 2.64. The average Bonchev–Trinajstić information content (AvgIpc) is 3.33. The number of amides is 1. The van der Waals surface area contributed by atoms with E-state index in [4.69, 9.17) is 15.0 Å². The first kappa shape index (κ1) is 22.3. The topological polar surface area (TPSA) is 206 Å². The Kier molecular flexibility index (Phi) is 4.81. The lowest BCUT2D eigenvalue weighted by Crippen LogP contribution is -2.64. The van der Waals surface area contributed by atoms with Crippen LogP contribution >= 0.6 is 0 Å². The van der Waals surface area contributed by atoms with E-state index in [2.05, 4.69) is 10.1 Å². The Balaban J connectivity index is 1.74. The molecule has 3 atom stereocenters. The molecule has 1 aromatic heterocycles. The number of carbonyl (C=O) groups is 3. The van der Waals surface area contributed by atoms with Crippen LogP contribution in [-0.2, 0) is 25.6 Å². The van der Waals surface area contributed by atoms with Crippen molar-refractivity contribution in [2.24, 2.45) is 22.7 Å². The number of rotatable bonds is 3. The number of benzene rings is 1. The van der Waals surface area contributed by atoms with Gasteiger partial charge in [-0.05, 0) is 36.5 Å². The zero-order valence-corrected chi connectivity index (χ0v) is 18.2. The van der Waals surface area contributed by atoms with E-state index in [9.17, 15) is 34.8 Å². The first-order valence-electron chi connectivity index (χ1n) is 10.5. The summed E-state index contributed by atoms with van der Waals surface area (Å²) in [5.74, 6) is -7.79. The van der Waals surface area contributed by atoms with Gasteiger partial charge in [0.1, 0.15) is 36.2 Å². The van der Waals surface area contributed by atoms with Crippen molar-refractivity contribution in [3.63, 3.8) is 0 Å². The third-order valence-corrected chi connectivity index (χ3v) is 6.74. The highest BCUT2D eigenvalue weighted by Crippen LogP contribution is 2.51. The van der Waals surface area contributed by atoms with E-state index in [1.54, 1.807) is 6.07 Å². The number of hydrogen-bond acceptors (Lipinski definition) is 11. The van der Waals surface area contributed by atoms with E-state index < -0.39 is 57.7 Å². The number of allylic oxidation sites excluding steroid dienone is 1. The number of phenolic OH excluding ortho intramolecular Hbond substituents is 1. The number of phenols is 1. The smallest absolute Gasteiger partial charge is 0.256 e. The van der Waals surface area contributed by atoms with Crippen molar-refractivity contribution in [1.82, 2.24) is 4.98 Å². The van der Waals surface area contributed by atoms with Gasteiger partial charge in [-0.25, -0.2) is 4.98 Å². The molecule has 0 saturated heterocycles. The van der Waals surface area contributed by atoms with Crippen LogP contribution in [0.1, 0.15) is 17.5 Å². The Morgan fingerprint density at radius 3 is 2.60 bits per heavy atom. The average molecular weight is 481 g/mol. The predicted molar refractivity (Wildman–Crippen MR) is 117 cm³/mol. The number of oxime groups is 1. The minimum Gasteiger partial charge on any atom is -0.507 e. The molecular weight excluding hydrogens is 462 g/mol. The van der Waals surface area contributed by atoms with Crippen molar-refractivity contribution in [3.8, 4) is 17.2 Å². The van der Waals surface area contributed by atoms with E-state index in [-0.39, 0.29) is 35.6 Å². The fourth-order valence-corrected chi connectivity index (χ4v) is 5.25. The number of aromatic nitrogens is 1. The predicted octanol–water partition coefficient (Wildman–Crippen LogP) is 0.691. The number of nitrogens with zero attached hydrogens (tertiary/aromatic N) is 2. The maximum atomic E-state index is 13.6. The summed E-state index contributed by atoms with van der Waals surface area (Å²) in [6.45, 7) is 0. The van der Waals surface area contributed by atoms with Crippen molar-refractivity contribution in [3.05, 3.63) is 52.6 Å². The molecule has 0 radical (unpaired) electrons. The molecule has 3 aliphatic carbocycles. The van der Waals surface area contributed by atoms with Crippen LogP contribution in [0.2, 0.25) is 0 Å². The molecule has 180 valence electrons. The lowest BCUT2D eigenvalue weighted by atomic mass is 9.58. The molecule has 0 spiro atoms. The fourth-order valence-electron chi connectivity index (χ4n) is 5.25. The molecule has 0 bridgehead atoms. The van der Waals surface area contributed by atoms with Gasteiger partial charge in [0.15, 0.2) is 11.4 Å². The number of Topliss-reactive ketones (excluding diaryl/α,β-unsaturated/α-hetero) is 2. The van der Waals surface area contributed by atoms with Gasteiger partial charge in [-0.15, -0.1) is 0 Å². The molecule has 6 N–H and O–H groups in total. The van der Waals surface area contributed by atoms with Gasteiger partial charge in [0, 0.05) is 11.1 Å². The Bertz CT molecular complexity index is 1400. The van der Waals surface area contributed by atoms with Crippen LogP contribution in [0.25, 0.3) is 17.2 Å².